The standard InChI is InChI=1S/C31H51N3O5/c1-7-11-19-33(18-10-4)29(38)26-31-22-23(5)30(6,39-31)24(27(36)32(16-8-2)17-9-3)25(31)28(37)34(26)20-14-12-13-15-21-35/h8,10,23-26,35H,2,4,7,9,11-22H2,1,3,5-6H3/t23?,24-,25+,26?,30+,31?/m1/s1. The van der Waals surface area contributed by atoms with Gasteiger partial charge in [-0.1, -0.05) is 52.2 Å². The second kappa shape index (κ2) is 13.4. The Morgan fingerprint density at radius 3 is 2.26 bits per heavy atom. The number of amides is 3. The lowest BCUT2D eigenvalue weighted by Gasteiger charge is -2.39. The predicted molar refractivity (Wildman–Crippen MR) is 153 cm³/mol. The second-order valence-electron chi connectivity index (χ2n) is 11.9. The van der Waals surface area contributed by atoms with Crippen LogP contribution in [0.15, 0.2) is 25.3 Å². The number of hydrogen-bond donors (Lipinski definition) is 1. The summed E-state index contributed by atoms with van der Waals surface area (Å²) in [6.07, 6.45) is 9.83. The average Bonchev–Trinajstić information content (AvgIpc) is 3.42. The van der Waals surface area contributed by atoms with Gasteiger partial charge in [0.05, 0.1) is 17.4 Å². The van der Waals surface area contributed by atoms with Crippen LogP contribution in [-0.2, 0) is 19.1 Å². The molecule has 3 aliphatic heterocycles. The number of carbonyl (C=O) groups excluding carboxylic acids is 3. The van der Waals surface area contributed by atoms with Gasteiger partial charge in [0.2, 0.25) is 17.7 Å². The number of unbranched alkanes of at least 4 members (excludes halogenated alkanes) is 4. The molecule has 0 aromatic carbocycles. The maximum atomic E-state index is 14.3. The fourth-order valence-corrected chi connectivity index (χ4v) is 7.27. The van der Waals surface area contributed by atoms with E-state index in [9.17, 15) is 14.4 Å². The molecule has 3 rings (SSSR count). The van der Waals surface area contributed by atoms with Gasteiger partial charge < -0.3 is 24.5 Å². The minimum Gasteiger partial charge on any atom is -0.396 e. The number of rotatable bonds is 17. The van der Waals surface area contributed by atoms with E-state index in [1.54, 1.807) is 22.0 Å². The molecule has 220 valence electrons. The Morgan fingerprint density at radius 1 is 1.03 bits per heavy atom. The first-order valence-corrected chi connectivity index (χ1v) is 15.1. The lowest BCUT2D eigenvalue weighted by molar-refractivity contribution is -0.154. The summed E-state index contributed by atoms with van der Waals surface area (Å²) in [5.41, 5.74) is -1.84. The summed E-state index contributed by atoms with van der Waals surface area (Å²) < 4.78 is 6.89. The minimum absolute atomic E-state index is 0.0195. The lowest BCUT2D eigenvalue weighted by Crippen LogP contribution is -2.57. The van der Waals surface area contributed by atoms with Gasteiger partial charge in [-0.2, -0.15) is 0 Å². The minimum atomic E-state index is -1.02. The zero-order valence-electron chi connectivity index (χ0n) is 24.7. The topological polar surface area (TPSA) is 90.4 Å². The maximum absolute atomic E-state index is 14.3. The van der Waals surface area contributed by atoms with E-state index in [0.717, 1.165) is 44.9 Å². The Hall–Kier alpha value is -2.19. The van der Waals surface area contributed by atoms with Gasteiger partial charge in [-0.3, -0.25) is 14.4 Å². The molecule has 0 aromatic rings. The third-order valence-electron chi connectivity index (χ3n) is 9.22. The summed E-state index contributed by atoms with van der Waals surface area (Å²) in [5, 5.41) is 9.17. The highest BCUT2D eigenvalue weighted by molar-refractivity contribution is 5.99. The molecule has 0 aliphatic carbocycles. The van der Waals surface area contributed by atoms with Gasteiger partial charge in [-0.05, 0) is 44.9 Å². The van der Waals surface area contributed by atoms with Crippen LogP contribution >= 0.6 is 0 Å². The first kappa shape index (κ1) is 31.3. The predicted octanol–water partition coefficient (Wildman–Crippen LogP) is 3.79. The van der Waals surface area contributed by atoms with Crippen LogP contribution in [0, 0.1) is 17.8 Å². The Labute approximate surface area is 235 Å². The Bertz CT molecular complexity index is 909. The van der Waals surface area contributed by atoms with Gasteiger partial charge >= 0.3 is 0 Å². The molecule has 6 atom stereocenters. The number of likely N-dealkylation sites (tertiary alicyclic amines) is 1. The maximum Gasteiger partial charge on any atom is 0.248 e. The zero-order chi connectivity index (χ0) is 28.8. The van der Waals surface area contributed by atoms with E-state index in [1.807, 2.05) is 18.7 Å². The number of carbonyl (C=O) groups is 3. The third-order valence-corrected chi connectivity index (χ3v) is 9.22. The fourth-order valence-electron chi connectivity index (χ4n) is 7.27. The van der Waals surface area contributed by atoms with Crippen LogP contribution in [0.1, 0.15) is 79.1 Å². The normalized spacial score (nSPS) is 30.9. The number of ether oxygens (including phenoxy) is 1. The average molecular weight is 546 g/mol. The van der Waals surface area contributed by atoms with Crippen molar-refractivity contribution < 1.29 is 24.2 Å². The monoisotopic (exact) mass is 545 g/mol. The van der Waals surface area contributed by atoms with E-state index in [4.69, 9.17) is 9.84 Å². The van der Waals surface area contributed by atoms with Crippen LogP contribution in [0.4, 0.5) is 0 Å². The van der Waals surface area contributed by atoms with Gasteiger partial charge in [0.25, 0.3) is 0 Å². The van der Waals surface area contributed by atoms with Gasteiger partial charge in [0, 0.05) is 39.3 Å². The molecule has 39 heavy (non-hydrogen) atoms. The molecule has 8 nitrogen and oxygen atoms in total. The SMILES string of the molecule is C=CCN(CCCC)C(=O)C1N(CCCCCCO)C(=O)[C@@H]2[C@H](C(=O)N(CC=C)CCC)[C@@]3(C)OC12CC3C. The lowest BCUT2D eigenvalue weighted by atomic mass is 9.62. The summed E-state index contributed by atoms with van der Waals surface area (Å²) in [5.74, 6) is -1.61. The van der Waals surface area contributed by atoms with Crippen molar-refractivity contribution in [2.45, 2.75) is 96.3 Å². The van der Waals surface area contributed by atoms with Crippen molar-refractivity contribution >= 4 is 17.7 Å². The molecular formula is C31H51N3O5. The highest BCUT2D eigenvalue weighted by Crippen LogP contribution is 2.65. The molecule has 0 radical (unpaired) electrons. The van der Waals surface area contributed by atoms with E-state index >= 15 is 0 Å². The summed E-state index contributed by atoms with van der Waals surface area (Å²) in [4.78, 5) is 48.2. The van der Waals surface area contributed by atoms with E-state index in [-0.39, 0.29) is 30.2 Å². The highest BCUT2D eigenvalue weighted by atomic mass is 16.5. The number of hydrogen-bond acceptors (Lipinski definition) is 5. The van der Waals surface area contributed by atoms with Gasteiger partial charge in [0.15, 0.2) is 0 Å². The van der Waals surface area contributed by atoms with Gasteiger partial charge in [-0.15, -0.1) is 13.2 Å². The van der Waals surface area contributed by atoms with Crippen molar-refractivity contribution in [2.75, 3.05) is 39.3 Å². The molecule has 3 unspecified atom stereocenters. The summed E-state index contributed by atoms with van der Waals surface area (Å²) in [6.45, 7) is 18.5. The van der Waals surface area contributed by atoms with Crippen molar-refractivity contribution in [1.29, 1.82) is 0 Å². The van der Waals surface area contributed by atoms with Crippen molar-refractivity contribution in [3.63, 3.8) is 0 Å². The van der Waals surface area contributed by atoms with Crippen molar-refractivity contribution in [1.82, 2.24) is 14.7 Å². The molecule has 3 aliphatic rings. The molecule has 3 fully saturated rings. The quantitative estimate of drug-likeness (QED) is 0.222. The number of nitrogens with zero attached hydrogens (tertiary/aromatic N) is 3. The second-order valence-corrected chi connectivity index (χ2v) is 11.9. The molecule has 1 spiro atoms. The van der Waals surface area contributed by atoms with Crippen molar-refractivity contribution in [3.05, 3.63) is 25.3 Å². The number of aliphatic hydroxyl groups excluding tert-OH is 1. The van der Waals surface area contributed by atoms with Crippen LogP contribution < -0.4 is 0 Å². The van der Waals surface area contributed by atoms with Crippen LogP contribution in [-0.4, -0.2) is 94.1 Å². The Morgan fingerprint density at radius 2 is 1.67 bits per heavy atom. The molecule has 3 saturated heterocycles. The molecule has 0 aromatic heterocycles. The number of aliphatic hydroxyl groups is 1. The molecule has 1 N–H and O–H groups in total. The molecule has 3 heterocycles. The summed E-state index contributed by atoms with van der Waals surface area (Å²) in [6, 6.07) is -0.759. The van der Waals surface area contributed by atoms with Gasteiger partial charge in [0.1, 0.15) is 11.6 Å². The van der Waals surface area contributed by atoms with Gasteiger partial charge in [-0.25, -0.2) is 0 Å². The Balaban J connectivity index is 2.04. The summed E-state index contributed by atoms with van der Waals surface area (Å²) in [7, 11) is 0. The van der Waals surface area contributed by atoms with Crippen molar-refractivity contribution in [2.24, 2.45) is 17.8 Å². The summed E-state index contributed by atoms with van der Waals surface area (Å²) >= 11 is 0. The third kappa shape index (κ3) is 5.69. The fraction of sp³-hybridized carbons (Fsp3) is 0.774. The van der Waals surface area contributed by atoms with E-state index in [0.29, 0.717) is 39.1 Å². The van der Waals surface area contributed by atoms with Crippen LogP contribution in [0.3, 0.4) is 0 Å². The molecule has 8 heteroatoms. The molecule has 3 amide bonds. The van der Waals surface area contributed by atoms with E-state index < -0.39 is 29.1 Å². The Kier molecular flexibility index (Phi) is 10.8. The van der Waals surface area contributed by atoms with Crippen LogP contribution in [0.25, 0.3) is 0 Å². The van der Waals surface area contributed by atoms with Crippen LogP contribution in [0.5, 0.6) is 0 Å². The highest BCUT2D eigenvalue weighted by Gasteiger charge is 2.80. The van der Waals surface area contributed by atoms with E-state index in [1.165, 1.54) is 0 Å². The zero-order valence-corrected chi connectivity index (χ0v) is 24.7. The molecule has 0 saturated carbocycles. The van der Waals surface area contributed by atoms with E-state index in [2.05, 4.69) is 27.0 Å². The molecular weight excluding hydrogens is 494 g/mol. The first-order valence-electron chi connectivity index (χ1n) is 15.1. The van der Waals surface area contributed by atoms with Crippen LogP contribution in [0.2, 0.25) is 0 Å². The smallest absolute Gasteiger partial charge is 0.248 e. The number of fused-ring (bicyclic) bond motifs is 1. The molecule has 2 bridgehead atoms. The first-order chi connectivity index (χ1) is 18.7. The van der Waals surface area contributed by atoms with Crippen molar-refractivity contribution in [3.8, 4) is 0 Å². The largest absolute Gasteiger partial charge is 0.396 e.